The van der Waals surface area contributed by atoms with Gasteiger partial charge in [-0.2, -0.15) is 0 Å². The fourth-order valence-corrected chi connectivity index (χ4v) is 2.87. The predicted molar refractivity (Wildman–Crippen MR) is 113 cm³/mol. The van der Waals surface area contributed by atoms with Crippen molar-refractivity contribution in [1.29, 1.82) is 0 Å². The zero-order chi connectivity index (χ0) is 21.7. The Balaban J connectivity index is 2.49. The Labute approximate surface area is 168 Å². The number of hydrogen-bond acceptors (Lipinski definition) is 4. The summed E-state index contributed by atoms with van der Waals surface area (Å²) in [6, 6.07) is 5.66. The van der Waals surface area contributed by atoms with Crippen molar-refractivity contribution < 1.29 is 9.18 Å². The van der Waals surface area contributed by atoms with Crippen molar-refractivity contribution in [1.82, 2.24) is 9.55 Å². The molecule has 2 rings (SSSR count). The molecule has 2 aromatic rings. The third-order valence-electron chi connectivity index (χ3n) is 4.13. The highest BCUT2D eigenvalue weighted by Gasteiger charge is 2.24. The van der Waals surface area contributed by atoms with E-state index >= 15 is 0 Å². The second-order valence-electron chi connectivity index (χ2n) is 7.73. The minimum absolute atomic E-state index is 0.0439. The Bertz CT molecular complexity index is 1000. The quantitative estimate of drug-likeness (QED) is 0.695. The molecule has 0 aliphatic heterocycles. The van der Waals surface area contributed by atoms with Crippen LogP contribution in [0.2, 0.25) is 0 Å². The normalized spacial score (nSPS) is 11.6. The van der Waals surface area contributed by atoms with Crippen LogP contribution in [-0.4, -0.2) is 22.0 Å². The van der Waals surface area contributed by atoms with Crippen molar-refractivity contribution in [2.24, 2.45) is 11.8 Å². The van der Waals surface area contributed by atoms with Gasteiger partial charge in [-0.15, -0.1) is 0 Å². The van der Waals surface area contributed by atoms with Gasteiger partial charge in [0.05, 0.1) is 0 Å². The van der Waals surface area contributed by atoms with Crippen LogP contribution in [0.5, 0.6) is 0 Å². The molecule has 0 radical (unpaired) electrons. The first kappa shape index (κ1) is 22.1. The van der Waals surface area contributed by atoms with Gasteiger partial charge in [-0.3, -0.25) is 19.1 Å². The number of anilines is 2. The molecule has 8 heteroatoms. The van der Waals surface area contributed by atoms with Crippen LogP contribution in [0, 0.1) is 17.7 Å². The summed E-state index contributed by atoms with van der Waals surface area (Å²) in [4.78, 5) is 41.1. The summed E-state index contributed by atoms with van der Waals surface area (Å²) < 4.78 is 14.3. The van der Waals surface area contributed by atoms with Gasteiger partial charge < -0.3 is 10.6 Å². The summed E-state index contributed by atoms with van der Waals surface area (Å²) in [5.74, 6) is -0.725. The Morgan fingerprint density at radius 3 is 2.34 bits per heavy atom. The van der Waals surface area contributed by atoms with E-state index in [1.165, 1.54) is 45.9 Å². The maximum atomic E-state index is 13.0. The number of amides is 1. The number of benzene rings is 1. The van der Waals surface area contributed by atoms with Crippen molar-refractivity contribution in [2.45, 2.75) is 34.2 Å². The number of H-pyrrole nitrogens is 1. The number of halogens is 1. The smallest absolute Gasteiger partial charge is 0.330 e. The highest BCUT2D eigenvalue weighted by atomic mass is 19.1. The Morgan fingerprint density at radius 1 is 1.17 bits per heavy atom. The van der Waals surface area contributed by atoms with Gasteiger partial charge in [-0.1, -0.05) is 39.8 Å². The Morgan fingerprint density at radius 2 is 1.79 bits per heavy atom. The molecule has 0 spiro atoms. The van der Waals surface area contributed by atoms with Crippen LogP contribution >= 0.6 is 0 Å². The molecule has 1 aromatic heterocycles. The summed E-state index contributed by atoms with van der Waals surface area (Å²) in [5, 5.41) is 0. The van der Waals surface area contributed by atoms with Crippen molar-refractivity contribution in [3.05, 3.63) is 62.6 Å². The number of nitrogens with two attached hydrogens (primary N) is 1. The first-order chi connectivity index (χ1) is 13.6. The summed E-state index contributed by atoms with van der Waals surface area (Å²) in [7, 11) is 0. The SMILES string of the molecule is CC(C)CN(C(=O)/C=C/c1ccc(F)cc1)c1c(N)n(CC(C)C)c(=O)[nH]c1=O. The number of rotatable bonds is 7. The predicted octanol–water partition coefficient (Wildman–Crippen LogP) is 2.62. The lowest BCUT2D eigenvalue weighted by atomic mass is 10.1. The van der Waals surface area contributed by atoms with Gasteiger partial charge in [-0.25, -0.2) is 9.18 Å². The third-order valence-corrected chi connectivity index (χ3v) is 4.13. The molecular formula is C21H27FN4O3. The molecule has 0 aliphatic rings. The lowest BCUT2D eigenvalue weighted by Gasteiger charge is -2.25. The van der Waals surface area contributed by atoms with E-state index in [2.05, 4.69) is 4.98 Å². The van der Waals surface area contributed by atoms with Crippen LogP contribution in [0.25, 0.3) is 6.08 Å². The van der Waals surface area contributed by atoms with Crippen molar-refractivity contribution in [3.8, 4) is 0 Å². The molecular weight excluding hydrogens is 375 g/mol. The monoisotopic (exact) mass is 402 g/mol. The Kier molecular flexibility index (Phi) is 7.14. The zero-order valence-corrected chi connectivity index (χ0v) is 17.1. The van der Waals surface area contributed by atoms with Crippen LogP contribution in [-0.2, 0) is 11.3 Å². The van der Waals surface area contributed by atoms with Crippen LogP contribution in [0.4, 0.5) is 15.9 Å². The number of carbonyl (C=O) groups excluding carboxylic acids is 1. The van der Waals surface area contributed by atoms with Gasteiger partial charge in [0, 0.05) is 19.2 Å². The highest BCUT2D eigenvalue weighted by Crippen LogP contribution is 2.20. The van der Waals surface area contributed by atoms with Gasteiger partial charge in [0.2, 0.25) is 0 Å². The van der Waals surface area contributed by atoms with Crippen LogP contribution in [0.3, 0.4) is 0 Å². The number of nitrogens with zero attached hydrogens (tertiary/aromatic N) is 2. The maximum absolute atomic E-state index is 13.0. The average molecular weight is 402 g/mol. The fraction of sp³-hybridized carbons (Fsp3) is 0.381. The molecule has 7 nitrogen and oxygen atoms in total. The number of aromatic nitrogens is 2. The van der Waals surface area contributed by atoms with Crippen LogP contribution < -0.4 is 21.9 Å². The molecule has 0 fully saturated rings. The van der Waals surface area contributed by atoms with Gasteiger partial charge in [0.25, 0.3) is 11.5 Å². The summed E-state index contributed by atoms with van der Waals surface area (Å²) in [5.41, 5.74) is 5.42. The van der Waals surface area contributed by atoms with Gasteiger partial charge in [0.15, 0.2) is 5.69 Å². The molecule has 1 amide bonds. The van der Waals surface area contributed by atoms with E-state index in [1.54, 1.807) is 0 Å². The van der Waals surface area contributed by atoms with E-state index < -0.39 is 17.2 Å². The molecule has 29 heavy (non-hydrogen) atoms. The molecule has 1 heterocycles. The number of nitrogen functional groups attached to an aromatic ring is 1. The molecule has 3 N–H and O–H groups in total. The first-order valence-corrected chi connectivity index (χ1v) is 9.47. The minimum atomic E-state index is -0.711. The van der Waals surface area contributed by atoms with E-state index in [-0.39, 0.29) is 35.7 Å². The molecule has 156 valence electrons. The van der Waals surface area contributed by atoms with E-state index in [9.17, 15) is 18.8 Å². The van der Waals surface area contributed by atoms with E-state index in [4.69, 9.17) is 5.73 Å². The number of hydrogen-bond donors (Lipinski definition) is 2. The molecule has 0 saturated heterocycles. The topological polar surface area (TPSA) is 101 Å². The fourth-order valence-electron chi connectivity index (χ4n) is 2.87. The molecule has 0 unspecified atom stereocenters. The van der Waals surface area contributed by atoms with Gasteiger partial charge in [0.1, 0.15) is 11.6 Å². The number of nitrogens with one attached hydrogen (secondary N) is 1. The van der Waals surface area contributed by atoms with E-state index in [0.717, 1.165) is 0 Å². The number of aromatic amines is 1. The summed E-state index contributed by atoms with van der Waals surface area (Å²) >= 11 is 0. The van der Waals surface area contributed by atoms with Crippen molar-refractivity contribution in [3.63, 3.8) is 0 Å². The molecule has 1 aromatic carbocycles. The van der Waals surface area contributed by atoms with Gasteiger partial charge in [-0.05, 0) is 35.6 Å². The van der Waals surface area contributed by atoms with Gasteiger partial charge >= 0.3 is 5.69 Å². The first-order valence-electron chi connectivity index (χ1n) is 9.47. The third kappa shape index (κ3) is 5.66. The lowest BCUT2D eigenvalue weighted by Crippen LogP contribution is -2.42. The molecule has 0 atom stereocenters. The second kappa shape index (κ2) is 9.36. The number of carbonyl (C=O) groups is 1. The van der Waals surface area contributed by atoms with Crippen LogP contribution in [0.1, 0.15) is 33.3 Å². The average Bonchev–Trinajstić information content (AvgIpc) is 2.63. The Hall–Kier alpha value is -3.16. The van der Waals surface area contributed by atoms with Crippen LogP contribution in [0.15, 0.2) is 39.9 Å². The molecule has 0 aliphatic carbocycles. The second-order valence-corrected chi connectivity index (χ2v) is 7.73. The largest absolute Gasteiger partial charge is 0.383 e. The molecule has 0 bridgehead atoms. The minimum Gasteiger partial charge on any atom is -0.383 e. The van der Waals surface area contributed by atoms with Crippen molar-refractivity contribution >= 4 is 23.5 Å². The summed E-state index contributed by atoms with van der Waals surface area (Å²) in [6.45, 7) is 8.18. The standard InChI is InChI=1S/C21H27FN4O3/c1-13(2)11-25(17(27)10-7-15-5-8-16(22)9-6-15)18-19(23)26(12-14(3)4)21(29)24-20(18)28/h5-10,13-14H,11-12,23H2,1-4H3,(H,24,28,29)/b10-7+. The highest BCUT2D eigenvalue weighted by molar-refractivity contribution is 6.05. The summed E-state index contributed by atoms with van der Waals surface area (Å²) in [6.07, 6.45) is 2.83. The maximum Gasteiger partial charge on any atom is 0.330 e. The van der Waals surface area contributed by atoms with E-state index in [1.807, 2.05) is 27.7 Å². The zero-order valence-electron chi connectivity index (χ0n) is 17.1. The van der Waals surface area contributed by atoms with Crippen molar-refractivity contribution in [2.75, 3.05) is 17.2 Å². The molecule has 0 saturated carbocycles. The lowest BCUT2D eigenvalue weighted by molar-refractivity contribution is -0.114. The van der Waals surface area contributed by atoms with E-state index in [0.29, 0.717) is 12.1 Å².